The molecule has 0 atom stereocenters. The summed E-state index contributed by atoms with van der Waals surface area (Å²) in [4.78, 5) is 14.3. The maximum Gasteiger partial charge on any atom is 0.338 e. The molecular formula is C12H15N3O2. The van der Waals surface area contributed by atoms with Crippen molar-refractivity contribution in [1.29, 1.82) is 0 Å². The van der Waals surface area contributed by atoms with Crippen LogP contribution in [0.5, 0.6) is 0 Å². The third kappa shape index (κ3) is 4.57. The van der Waals surface area contributed by atoms with Crippen LogP contribution in [0.25, 0.3) is 10.4 Å². The zero-order valence-electron chi connectivity index (χ0n) is 9.96. The fourth-order valence-electron chi connectivity index (χ4n) is 1.22. The third-order valence-corrected chi connectivity index (χ3v) is 2.27. The summed E-state index contributed by atoms with van der Waals surface area (Å²) in [5, 5.41) is 3.62. The van der Waals surface area contributed by atoms with Crippen LogP contribution in [0.3, 0.4) is 0 Å². The number of azide groups is 1. The molecule has 0 saturated carbocycles. The average molecular weight is 233 g/mol. The van der Waals surface area contributed by atoms with Crippen LogP contribution in [-0.4, -0.2) is 18.1 Å². The normalized spacial score (nSPS) is 10.5. The maximum absolute atomic E-state index is 11.6. The molecular weight excluding hydrogens is 218 g/mol. The first kappa shape index (κ1) is 13.1. The second kappa shape index (κ2) is 5.92. The Hall–Kier alpha value is -2.00. The minimum atomic E-state index is -0.536. The minimum Gasteiger partial charge on any atom is -0.462 e. The molecule has 90 valence electrons. The van der Waals surface area contributed by atoms with Gasteiger partial charge in [-0.1, -0.05) is 37.2 Å². The molecule has 1 aromatic carbocycles. The maximum atomic E-state index is 11.6. The molecule has 5 heteroatoms. The predicted molar refractivity (Wildman–Crippen MR) is 64.6 cm³/mol. The lowest BCUT2D eigenvalue weighted by Gasteiger charge is -2.16. The standard InChI is InChI=1S/C12H15N3O2/c1-12(2,14-15-13)8-9-17-11(16)10-6-4-3-5-7-10/h3-7H,8-9H2,1-2H3. The summed E-state index contributed by atoms with van der Waals surface area (Å²) in [6.45, 7) is 3.83. The summed E-state index contributed by atoms with van der Waals surface area (Å²) in [7, 11) is 0. The average Bonchev–Trinajstić information content (AvgIpc) is 2.29. The first-order chi connectivity index (χ1) is 8.05. The topological polar surface area (TPSA) is 75.1 Å². The molecule has 0 heterocycles. The molecule has 1 aromatic rings. The molecule has 1 rings (SSSR count). The monoisotopic (exact) mass is 233 g/mol. The van der Waals surface area contributed by atoms with Gasteiger partial charge in [-0.15, -0.1) is 0 Å². The van der Waals surface area contributed by atoms with E-state index >= 15 is 0 Å². The highest BCUT2D eigenvalue weighted by atomic mass is 16.5. The Balaban J connectivity index is 2.42. The third-order valence-electron chi connectivity index (χ3n) is 2.27. The van der Waals surface area contributed by atoms with Crippen molar-refractivity contribution < 1.29 is 9.53 Å². The fraction of sp³-hybridized carbons (Fsp3) is 0.417. The van der Waals surface area contributed by atoms with Gasteiger partial charge in [-0.2, -0.15) is 0 Å². The Kier molecular flexibility index (Phi) is 4.55. The van der Waals surface area contributed by atoms with E-state index < -0.39 is 5.54 Å². The molecule has 0 radical (unpaired) electrons. The van der Waals surface area contributed by atoms with Gasteiger partial charge in [-0.3, -0.25) is 0 Å². The zero-order chi connectivity index (χ0) is 12.7. The molecule has 5 nitrogen and oxygen atoms in total. The van der Waals surface area contributed by atoms with Crippen LogP contribution in [0.4, 0.5) is 0 Å². The molecule has 0 aromatic heterocycles. The van der Waals surface area contributed by atoms with Crippen molar-refractivity contribution in [2.75, 3.05) is 6.61 Å². The van der Waals surface area contributed by atoms with E-state index in [2.05, 4.69) is 10.0 Å². The molecule has 0 unspecified atom stereocenters. The largest absolute Gasteiger partial charge is 0.462 e. The summed E-state index contributed by atoms with van der Waals surface area (Å²) >= 11 is 0. The van der Waals surface area contributed by atoms with Gasteiger partial charge in [0.25, 0.3) is 0 Å². The number of hydrogen-bond donors (Lipinski definition) is 0. The highest BCUT2D eigenvalue weighted by Gasteiger charge is 2.16. The lowest BCUT2D eigenvalue weighted by atomic mass is 10.0. The van der Waals surface area contributed by atoms with Gasteiger partial charge in [-0.05, 0) is 24.1 Å². The first-order valence-electron chi connectivity index (χ1n) is 5.33. The molecule has 0 N–H and O–H groups in total. The molecule has 0 fully saturated rings. The quantitative estimate of drug-likeness (QED) is 0.338. The smallest absolute Gasteiger partial charge is 0.338 e. The second-order valence-corrected chi connectivity index (χ2v) is 4.25. The summed E-state index contributed by atoms with van der Waals surface area (Å²) in [6.07, 6.45) is 0.496. The van der Waals surface area contributed by atoms with E-state index in [-0.39, 0.29) is 12.6 Å². The van der Waals surface area contributed by atoms with Gasteiger partial charge >= 0.3 is 5.97 Å². The van der Waals surface area contributed by atoms with Crippen LogP contribution < -0.4 is 0 Å². The molecule has 17 heavy (non-hydrogen) atoms. The van der Waals surface area contributed by atoms with Crippen molar-refractivity contribution in [2.45, 2.75) is 25.8 Å². The van der Waals surface area contributed by atoms with Gasteiger partial charge < -0.3 is 4.74 Å². The Bertz CT molecular complexity index is 423. The predicted octanol–water partition coefficient (Wildman–Crippen LogP) is 3.32. The zero-order valence-corrected chi connectivity index (χ0v) is 9.96. The van der Waals surface area contributed by atoms with Gasteiger partial charge in [0.2, 0.25) is 0 Å². The van der Waals surface area contributed by atoms with E-state index in [1.54, 1.807) is 38.1 Å². The van der Waals surface area contributed by atoms with Crippen molar-refractivity contribution in [3.63, 3.8) is 0 Å². The van der Waals surface area contributed by atoms with Crippen molar-refractivity contribution in [2.24, 2.45) is 5.11 Å². The van der Waals surface area contributed by atoms with Gasteiger partial charge in [0, 0.05) is 10.5 Å². The molecule has 0 spiro atoms. The SMILES string of the molecule is CC(C)(CCOC(=O)c1ccccc1)N=[N+]=[N-]. The highest BCUT2D eigenvalue weighted by molar-refractivity contribution is 5.89. The second-order valence-electron chi connectivity index (χ2n) is 4.25. The Morgan fingerprint density at radius 3 is 2.65 bits per heavy atom. The first-order valence-corrected chi connectivity index (χ1v) is 5.33. The molecule has 0 saturated heterocycles. The molecule has 0 aliphatic carbocycles. The molecule has 0 bridgehead atoms. The van der Waals surface area contributed by atoms with Gasteiger partial charge in [0.1, 0.15) is 0 Å². The van der Waals surface area contributed by atoms with Crippen LogP contribution >= 0.6 is 0 Å². The molecule has 0 aliphatic heterocycles. The van der Waals surface area contributed by atoms with Crippen molar-refractivity contribution in [1.82, 2.24) is 0 Å². The number of esters is 1. The summed E-state index contributed by atoms with van der Waals surface area (Å²) in [6, 6.07) is 8.78. The Morgan fingerprint density at radius 2 is 2.06 bits per heavy atom. The lowest BCUT2D eigenvalue weighted by Crippen LogP contribution is -2.19. The summed E-state index contributed by atoms with van der Waals surface area (Å²) in [5.74, 6) is -0.359. The number of hydrogen-bond acceptors (Lipinski definition) is 3. The molecule has 0 amide bonds. The number of ether oxygens (including phenoxy) is 1. The highest BCUT2D eigenvalue weighted by Crippen LogP contribution is 2.14. The summed E-state index contributed by atoms with van der Waals surface area (Å²) < 4.78 is 5.09. The van der Waals surface area contributed by atoms with Crippen molar-refractivity contribution >= 4 is 5.97 Å². The van der Waals surface area contributed by atoms with E-state index in [9.17, 15) is 4.79 Å². The van der Waals surface area contributed by atoms with E-state index in [1.165, 1.54) is 0 Å². The minimum absolute atomic E-state index is 0.236. The number of rotatable bonds is 5. The van der Waals surface area contributed by atoms with Crippen LogP contribution in [0.1, 0.15) is 30.6 Å². The Labute approximate surface area is 100 Å². The lowest BCUT2D eigenvalue weighted by molar-refractivity contribution is 0.0482. The fourth-order valence-corrected chi connectivity index (χ4v) is 1.22. The van der Waals surface area contributed by atoms with Crippen LogP contribution in [0.2, 0.25) is 0 Å². The van der Waals surface area contributed by atoms with E-state index in [0.717, 1.165) is 0 Å². The van der Waals surface area contributed by atoms with Gasteiger partial charge in [0.15, 0.2) is 0 Å². The number of carbonyl (C=O) groups is 1. The van der Waals surface area contributed by atoms with Crippen molar-refractivity contribution in [3.8, 4) is 0 Å². The van der Waals surface area contributed by atoms with Crippen LogP contribution in [-0.2, 0) is 4.74 Å². The van der Waals surface area contributed by atoms with E-state index in [1.807, 2.05) is 6.07 Å². The van der Waals surface area contributed by atoms with Gasteiger partial charge in [-0.25, -0.2) is 4.79 Å². The van der Waals surface area contributed by atoms with E-state index in [4.69, 9.17) is 10.3 Å². The van der Waals surface area contributed by atoms with Crippen LogP contribution in [0, 0.1) is 0 Å². The number of nitrogens with zero attached hydrogens (tertiary/aromatic N) is 3. The van der Waals surface area contributed by atoms with Gasteiger partial charge in [0.05, 0.1) is 12.2 Å². The molecule has 0 aliphatic rings. The summed E-state index contributed by atoms with van der Waals surface area (Å²) in [5.41, 5.74) is 8.33. The number of benzene rings is 1. The Morgan fingerprint density at radius 1 is 1.41 bits per heavy atom. The number of carbonyl (C=O) groups excluding carboxylic acids is 1. The van der Waals surface area contributed by atoms with E-state index in [0.29, 0.717) is 12.0 Å². The van der Waals surface area contributed by atoms with Crippen molar-refractivity contribution in [3.05, 3.63) is 46.3 Å². The van der Waals surface area contributed by atoms with Crippen LogP contribution in [0.15, 0.2) is 35.4 Å².